The Hall–Kier alpha value is -1.38. The molecule has 0 saturated carbocycles. The van der Waals surface area contributed by atoms with E-state index in [-0.39, 0.29) is 5.82 Å². The van der Waals surface area contributed by atoms with Gasteiger partial charge in [-0.25, -0.2) is 4.39 Å². The van der Waals surface area contributed by atoms with Gasteiger partial charge in [-0.1, -0.05) is 12.1 Å². The Morgan fingerprint density at radius 2 is 2.07 bits per heavy atom. The molecular weight excluding hydrogens is 191 g/mol. The highest BCUT2D eigenvalue weighted by Gasteiger charge is 2.14. The molecule has 2 nitrogen and oxygen atoms in total. The van der Waals surface area contributed by atoms with Crippen molar-refractivity contribution in [3.8, 4) is 0 Å². The second-order valence-electron chi connectivity index (χ2n) is 3.95. The number of hydrogen-bond acceptors (Lipinski definition) is 1. The van der Waals surface area contributed by atoms with Gasteiger partial charge in [0.1, 0.15) is 11.7 Å². The van der Waals surface area contributed by atoms with Crippen LogP contribution in [0.25, 0.3) is 0 Å². The zero-order chi connectivity index (χ0) is 10.7. The first-order valence-corrected chi connectivity index (χ1v) is 5.32. The number of nitrogens with zero attached hydrogens (tertiary/aromatic N) is 1. The summed E-state index contributed by atoms with van der Waals surface area (Å²) in [6.07, 6.45) is 2.88. The third kappa shape index (κ3) is 2.55. The summed E-state index contributed by atoms with van der Waals surface area (Å²) in [6.45, 7) is 1.96. The molecule has 1 aromatic rings. The lowest BCUT2D eigenvalue weighted by molar-refractivity contribution is 0.506. The van der Waals surface area contributed by atoms with E-state index in [1.807, 2.05) is 6.07 Å². The van der Waals surface area contributed by atoms with E-state index in [1.54, 1.807) is 6.07 Å². The molecule has 0 aliphatic carbocycles. The standard InChI is InChI=1S/C12H15FN2/c13-11-5-3-4-10(8-11)9-12(14)15-6-1-2-7-15/h3-5,8,14H,1-2,6-7,9H2. The second-order valence-corrected chi connectivity index (χ2v) is 3.95. The molecule has 1 aliphatic heterocycles. The van der Waals surface area contributed by atoms with Crippen molar-refractivity contribution in [1.29, 1.82) is 5.41 Å². The van der Waals surface area contributed by atoms with Crippen LogP contribution in [0, 0.1) is 11.2 Å². The Kier molecular flexibility index (Phi) is 2.99. The van der Waals surface area contributed by atoms with Crippen molar-refractivity contribution >= 4 is 5.84 Å². The van der Waals surface area contributed by atoms with E-state index in [1.165, 1.54) is 25.0 Å². The molecule has 0 spiro atoms. The zero-order valence-corrected chi connectivity index (χ0v) is 8.67. The Labute approximate surface area is 89.2 Å². The van der Waals surface area contributed by atoms with Gasteiger partial charge in [-0.3, -0.25) is 5.41 Å². The van der Waals surface area contributed by atoms with Crippen LogP contribution in [-0.2, 0) is 6.42 Å². The average Bonchev–Trinajstić information content (AvgIpc) is 2.70. The minimum absolute atomic E-state index is 0.221. The molecule has 1 N–H and O–H groups in total. The van der Waals surface area contributed by atoms with Crippen molar-refractivity contribution in [2.75, 3.05) is 13.1 Å². The first-order valence-electron chi connectivity index (χ1n) is 5.32. The second kappa shape index (κ2) is 4.43. The molecule has 1 aromatic carbocycles. The number of benzene rings is 1. The third-order valence-electron chi connectivity index (χ3n) is 2.75. The van der Waals surface area contributed by atoms with Gasteiger partial charge in [-0.05, 0) is 30.5 Å². The van der Waals surface area contributed by atoms with Crippen LogP contribution < -0.4 is 0 Å². The van der Waals surface area contributed by atoms with Gasteiger partial charge in [0.05, 0.1) is 0 Å². The third-order valence-corrected chi connectivity index (χ3v) is 2.75. The van der Waals surface area contributed by atoms with Crippen LogP contribution in [0.3, 0.4) is 0 Å². The van der Waals surface area contributed by atoms with Crippen LogP contribution in [-0.4, -0.2) is 23.8 Å². The highest BCUT2D eigenvalue weighted by atomic mass is 19.1. The fraction of sp³-hybridized carbons (Fsp3) is 0.417. The Bertz CT molecular complexity index is 356. The number of amidine groups is 1. The summed E-state index contributed by atoms with van der Waals surface area (Å²) < 4.78 is 12.9. The maximum absolute atomic E-state index is 12.9. The molecule has 80 valence electrons. The van der Waals surface area contributed by atoms with Crippen LogP contribution in [0.2, 0.25) is 0 Å². The summed E-state index contributed by atoms with van der Waals surface area (Å²) in [7, 11) is 0. The molecule has 1 fully saturated rings. The fourth-order valence-corrected chi connectivity index (χ4v) is 1.94. The summed E-state index contributed by atoms with van der Waals surface area (Å²) >= 11 is 0. The molecule has 1 aliphatic rings. The summed E-state index contributed by atoms with van der Waals surface area (Å²) in [5, 5.41) is 7.90. The Balaban J connectivity index is 1.99. The number of nitrogens with one attached hydrogen (secondary N) is 1. The van der Waals surface area contributed by atoms with Crippen molar-refractivity contribution < 1.29 is 4.39 Å². The predicted octanol–water partition coefficient (Wildman–Crippen LogP) is 2.44. The molecule has 0 bridgehead atoms. The highest BCUT2D eigenvalue weighted by Crippen LogP contribution is 2.11. The molecule has 0 radical (unpaired) electrons. The molecule has 1 heterocycles. The predicted molar refractivity (Wildman–Crippen MR) is 58.6 cm³/mol. The SMILES string of the molecule is N=C(Cc1cccc(F)c1)N1CCCC1. The largest absolute Gasteiger partial charge is 0.360 e. The maximum atomic E-state index is 12.9. The number of hydrogen-bond donors (Lipinski definition) is 1. The van der Waals surface area contributed by atoms with Crippen LogP contribution in [0.4, 0.5) is 4.39 Å². The van der Waals surface area contributed by atoms with Crippen molar-refractivity contribution in [2.45, 2.75) is 19.3 Å². The van der Waals surface area contributed by atoms with Gasteiger partial charge in [0, 0.05) is 19.5 Å². The topological polar surface area (TPSA) is 27.1 Å². The molecule has 0 amide bonds. The smallest absolute Gasteiger partial charge is 0.123 e. The Morgan fingerprint density at radius 3 is 2.73 bits per heavy atom. The summed E-state index contributed by atoms with van der Waals surface area (Å²) in [4.78, 5) is 2.07. The number of halogens is 1. The molecule has 0 atom stereocenters. The summed E-state index contributed by atoms with van der Waals surface area (Å²) in [5.41, 5.74) is 0.881. The number of rotatable bonds is 2. The van der Waals surface area contributed by atoms with Gasteiger partial charge in [-0.2, -0.15) is 0 Å². The van der Waals surface area contributed by atoms with Crippen LogP contribution in [0.5, 0.6) is 0 Å². The first kappa shape index (κ1) is 10.1. The van der Waals surface area contributed by atoms with Crippen molar-refractivity contribution in [3.05, 3.63) is 35.6 Å². The average molecular weight is 206 g/mol. The fourth-order valence-electron chi connectivity index (χ4n) is 1.94. The maximum Gasteiger partial charge on any atom is 0.123 e. The highest BCUT2D eigenvalue weighted by molar-refractivity contribution is 5.81. The van der Waals surface area contributed by atoms with Gasteiger partial charge in [0.15, 0.2) is 0 Å². The van der Waals surface area contributed by atoms with E-state index < -0.39 is 0 Å². The molecule has 15 heavy (non-hydrogen) atoms. The van der Waals surface area contributed by atoms with Crippen LogP contribution in [0.1, 0.15) is 18.4 Å². The molecule has 1 saturated heterocycles. The van der Waals surface area contributed by atoms with E-state index in [4.69, 9.17) is 5.41 Å². The van der Waals surface area contributed by atoms with E-state index in [2.05, 4.69) is 4.90 Å². The molecule has 3 heteroatoms. The van der Waals surface area contributed by atoms with Crippen LogP contribution in [0.15, 0.2) is 24.3 Å². The summed E-state index contributed by atoms with van der Waals surface area (Å²) in [5.74, 6) is 0.389. The lowest BCUT2D eigenvalue weighted by atomic mass is 10.1. The van der Waals surface area contributed by atoms with Crippen molar-refractivity contribution in [3.63, 3.8) is 0 Å². The number of likely N-dealkylation sites (tertiary alicyclic amines) is 1. The monoisotopic (exact) mass is 206 g/mol. The van der Waals surface area contributed by atoms with Gasteiger partial charge in [0.25, 0.3) is 0 Å². The van der Waals surface area contributed by atoms with Gasteiger partial charge < -0.3 is 4.90 Å². The van der Waals surface area contributed by atoms with E-state index in [0.717, 1.165) is 18.7 Å². The van der Waals surface area contributed by atoms with Gasteiger partial charge in [0.2, 0.25) is 0 Å². The lowest BCUT2D eigenvalue weighted by Crippen LogP contribution is -2.28. The molecule has 2 rings (SSSR count). The quantitative estimate of drug-likeness (QED) is 0.584. The lowest BCUT2D eigenvalue weighted by Gasteiger charge is -2.18. The summed E-state index contributed by atoms with van der Waals surface area (Å²) in [6, 6.07) is 6.50. The van der Waals surface area contributed by atoms with Gasteiger partial charge >= 0.3 is 0 Å². The van der Waals surface area contributed by atoms with E-state index in [0.29, 0.717) is 12.3 Å². The first-order chi connectivity index (χ1) is 7.25. The zero-order valence-electron chi connectivity index (χ0n) is 8.67. The van der Waals surface area contributed by atoms with Crippen molar-refractivity contribution in [1.82, 2.24) is 4.90 Å². The van der Waals surface area contributed by atoms with Crippen LogP contribution >= 0.6 is 0 Å². The van der Waals surface area contributed by atoms with E-state index in [9.17, 15) is 4.39 Å². The minimum Gasteiger partial charge on any atom is -0.360 e. The van der Waals surface area contributed by atoms with Gasteiger partial charge in [-0.15, -0.1) is 0 Å². The van der Waals surface area contributed by atoms with E-state index >= 15 is 0 Å². The molecule has 0 unspecified atom stereocenters. The Morgan fingerprint density at radius 1 is 1.33 bits per heavy atom. The molecular formula is C12H15FN2. The normalized spacial score (nSPS) is 15.7. The molecule has 0 aromatic heterocycles. The minimum atomic E-state index is -0.221. The van der Waals surface area contributed by atoms with Crippen molar-refractivity contribution in [2.24, 2.45) is 0 Å².